The van der Waals surface area contributed by atoms with E-state index < -0.39 is 17.8 Å². The third-order valence-corrected chi connectivity index (χ3v) is 5.60. The predicted octanol–water partition coefficient (Wildman–Crippen LogP) is 2.86. The maximum Gasteiger partial charge on any atom is 0.435 e. The molecule has 1 aliphatic rings. The van der Waals surface area contributed by atoms with Gasteiger partial charge in [-0.25, -0.2) is 9.78 Å². The molecule has 0 spiro atoms. The van der Waals surface area contributed by atoms with Crippen LogP contribution < -0.4 is 0 Å². The second kappa shape index (κ2) is 7.90. The molecule has 152 valence electrons. The van der Waals surface area contributed by atoms with Gasteiger partial charge in [0.2, 0.25) is 5.91 Å². The van der Waals surface area contributed by atoms with Gasteiger partial charge in [0.05, 0.1) is 12.1 Å². The van der Waals surface area contributed by atoms with Crippen molar-refractivity contribution in [3.05, 3.63) is 33.5 Å². The maximum atomic E-state index is 12.8. The van der Waals surface area contributed by atoms with E-state index in [9.17, 15) is 22.8 Å². The summed E-state index contributed by atoms with van der Waals surface area (Å²) in [5, 5.41) is 5.87. The van der Waals surface area contributed by atoms with E-state index in [-0.39, 0.29) is 29.8 Å². The number of esters is 1. The van der Waals surface area contributed by atoms with E-state index in [0.29, 0.717) is 13.1 Å². The van der Waals surface area contributed by atoms with Crippen LogP contribution in [0.3, 0.4) is 0 Å². The van der Waals surface area contributed by atoms with E-state index in [0.717, 1.165) is 28.6 Å². The monoisotopic (exact) mass is 416 g/mol. The first-order valence-corrected chi connectivity index (χ1v) is 9.50. The number of halogens is 3. The summed E-state index contributed by atoms with van der Waals surface area (Å²) in [5.41, 5.74) is -0.498. The molecular formula is C17H19F3N4O3S. The number of thiazole rings is 1. The van der Waals surface area contributed by atoms with Gasteiger partial charge in [0.25, 0.3) is 0 Å². The summed E-state index contributed by atoms with van der Waals surface area (Å²) in [6.07, 6.45) is -2.98. The molecule has 1 atom stereocenters. The van der Waals surface area contributed by atoms with Gasteiger partial charge >= 0.3 is 12.1 Å². The molecule has 0 aliphatic carbocycles. The first-order valence-electron chi connectivity index (χ1n) is 8.62. The number of amides is 1. The Morgan fingerprint density at radius 2 is 2.14 bits per heavy atom. The van der Waals surface area contributed by atoms with Crippen LogP contribution in [0.5, 0.6) is 0 Å². The van der Waals surface area contributed by atoms with Crippen LogP contribution in [0.4, 0.5) is 13.2 Å². The number of aryl methyl sites for hydroxylation is 1. The number of alkyl halides is 3. The molecule has 2 aromatic rings. The minimum atomic E-state index is -4.54. The van der Waals surface area contributed by atoms with Crippen LogP contribution >= 0.6 is 11.3 Å². The lowest BCUT2D eigenvalue weighted by molar-refractivity contribution is -0.142. The van der Waals surface area contributed by atoms with Crippen LogP contribution in [0.25, 0.3) is 0 Å². The van der Waals surface area contributed by atoms with Gasteiger partial charge in [-0.1, -0.05) is 0 Å². The average Bonchev–Trinajstić information content (AvgIpc) is 3.28. The van der Waals surface area contributed by atoms with Crippen molar-refractivity contribution in [3.63, 3.8) is 0 Å². The fraction of sp³-hybridized carbons (Fsp3) is 0.529. The van der Waals surface area contributed by atoms with Gasteiger partial charge in [0, 0.05) is 30.1 Å². The molecule has 11 heteroatoms. The third kappa shape index (κ3) is 4.34. The third-order valence-electron chi connectivity index (χ3n) is 4.60. The number of methoxy groups -OCH3 is 1. The fourth-order valence-electron chi connectivity index (χ4n) is 3.12. The van der Waals surface area contributed by atoms with Gasteiger partial charge in [-0.2, -0.15) is 18.3 Å². The van der Waals surface area contributed by atoms with Crippen molar-refractivity contribution in [3.8, 4) is 0 Å². The van der Waals surface area contributed by atoms with Crippen molar-refractivity contribution >= 4 is 23.2 Å². The molecule has 1 amide bonds. The first kappa shape index (κ1) is 20.3. The van der Waals surface area contributed by atoms with E-state index in [4.69, 9.17) is 0 Å². The Balaban J connectivity index is 1.67. The zero-order chi connectivity index (χ0) is 20.5. The molecule has 0 N–H and O–H groups in total. The maximum absolute atomic E-state index is 12.8. The number of rotatable bonds is 4. The van der Waals surface area contributed by atoms with Gasteiger partial charge in [0.15, 0.2) is 11.4 Å². The summed E-state index contributed by atoms with van der Waals surface area (Å²) < 4.78 is 44.1. The van der Waals surface area contributed by atoms with E-state index >= 15 is 0 Å². The number of ether oxygens (including phenoxy) is 1. The van der Waals surface area contributed by atoms with Crippen molar-refractivity contribution in [2.45, 2.75) is 38.4 Å². The Kier molecular flexibility index (Phi) is 5.73. The summed E-state index contributed by atoms with van der Waals surface area (Å²) in [7, 11) is 1.28. The second-order valence-corrected chi connectivity index (χ2v) is 7.46. The molecule has 3 rings (SSSR count). The lowest BCUT2D eigenvalue weighted by Crippen LogP contribution is -2.41. The Morgan fingerprint density at radius 3 is 2.79 bits per heavy atom. The molecular weight excluding hydrogens is 397 g/mol. The lowest BCUT2D eigenvalue weighted by atomic mass is 9.98. The molecule has 2 aromatic heterocycles. The van der Waals surface area contributed by atoms with Crippen molar-refractivity contribution in [1.82, 2.24) is 19.7 Å². The largest absolute Gasteiger partial charge is 0.464 e. The zero-order valence-electron chi connectivity index (χ0n) is 15.3. The van der Waals surface area contributed by atoms with Gasteiger partial charge in [-0.3, -0.25) is 9.48 Å². The van der Waals surface area contributed by atoms with Crippen LogP contribution in [0.15, 0.2) is 11.4 Å². The molecule has 1 saturated heterocycles. The molecule has 0 bridgehead atoms. The zero-order valence-corrected chi connectivity index (χ0v) is 16.1. The normalized spacial score (nSPS) is 17.6. The Bertz CT molecular complexity index is 877. The van der Waals surface area contributed by atoms with Gasteiger partial charge in [-0.15, -0.1) is 11.3 Å². The number of hydrogen-bond acceptors (Lipinski definition) is 6. The standard InChI is InChI=1S/C17H19F3N4O3S/c1-10-6-13(17(18,19)20)22-24(10)8-14(25)23-5-3-4-11(7-23)15-21-12(9-28-15)16(26)27-2/h6,9,11H,3-5,7-8H2,1-2H3. The van der Waals surface area contributed by atoms with Crippen LogP contribution in [-0.2, 0) is 22.3 Å². The SMILES string of the molecule is COC(=O)c1csc(C2CCCN(C(=O)Cn3nc(C(F)(F)F)cc3C)C2)n1. The Hall–Kier alpha value is -2.43. The highest BCUT2D eigenvalue weighted by atomic mass is 32.1. The van der Waals surface area contributed by atoms with E-state index in [2.05, 4.69) is 14.8 Å². The van der Waals surface area contributed by atoms with Crippen LogP contribution in [0, 0.1) is 6.92 Å². The molecule has 0 saturated carbocycles. The van der Waals surface area contributed by atoms with Gasteiger partial charge < -0.3 is 9.64 Å². The molecule has 1 unspecified atom stereocenters. The predicted molar refractivity (Wildman–Crippen MR) is 94.0 cm³/mol. The number of carbonyl (C=O) groups is 2. The molecule has 7 nitrogen and oxygen atoms in total. The van der Waals surface area contributed by atoms with Crippen LogP contribution in [0.2, 0.25) is 0 Å². The number of hydrogen-bond donors (Lipinski definition) is 0. The average molecular weight is 416 g/mol. The molecule has 1 fully saturated rings. The lowest BCUT2D eigenvalue weighted by Gasteiger charge is -2.32. The van der Waals surface area contributed by atoms with Crippen LogP contribution in [-0.4, -0.2) is 51.7 Å². The number of aromatic nitrogens is 3. The second-order valence-electron chi connectivity index (χ2n) is 6.57. The van der Waals surface area contributed by atoms with Crippen molar-refractivity contribution < 1.29 is 27.5 Å². The summed E-state index contributed by atoms with van der Waals surface area (Å²) in [6, 6.07) is 0.927. The molecule has 0 radical (unpaired) electrons. The Morgan fingerprint density at radius 1 is 1.39 bits per heavy atom. The summed E-state index contributed by atoms with van der Waals surface area (Å²) in [6.45, 7) is 2.16. The van der Waals surface area contributed by atoms with Crippen molar-refractivity contribution in [1.29, 1.82) is 0 Å². The number of piperidine rings is 1. The number of likely N-dealkylation sites (tertiary alicyclic amines) is 1. The summed E-state index contributed by atoms with van der Waals surface area (Å²) in [4.78, 5) is 30.1. The van der Waals surface area contributed by atoms with Crippen LogP contribution in [0.1, 0.15) is 45.6 Å². The van der Waals surface area contributed by atoms with E-state index in [1.165, 1.54) is 25.4 Å². The topological polar surface area (TPSA) is 77.3 Å². The molecule has 1 aliphatic heterocycles. The fourth-order valence-corrected chi connectivity index (χ4v) is 4.03. The highest BCUT2D eigenvalue weighted by molar-refractivity contribution is 7.09. The van der Waals surface area contributed by atoms with Gasteiger partial charge in [0.1, 0.15) is 6.54 Å². The molecule has 3 heterocycles. The molecule has 0 aromatic carbocycles. The van der Waals surface area contributed by atoms with Gasteiger partial charge in [-0.05, 0) is 25.8 Å². The smallest absolute Gasteiger partial charge is 0.435 e. The highest BCUT2D eigenvalue weighted by Gasteiger charge is 2.35. The van der Waals surface area contributed by atoms with Crippen molar-refractivity contribution in [2.24, 2.45) is 0 Å². The highest BCUT2D eigenvalue weighted by Crippen LogP contribution is 2.30. The van der Waals surface area contributed by atoms with E-state index in [1.807, 2.05) is 0 Å². The minimum absolute atomic E-state index is 0.0226. The van der Waals surface area contributed by atoms with E-state index in [1.54, 1.807) is 10.3 Å². The number of carbonyl (C=O) groups excluding carboxylic acids is 2. The molecule has 28 heavy (non-hydrogen) atoms. The quantitative estimate of drug-likeness (QED) is 0.717. The summed E-state index contributed by atoms with van der Waals surface area (Å²) >= 11 is 1.33. The Labute approximate surface area is 163 Å². The van der Waals surface area contributed by atoms with Crippen molar-refractivity contribution in [2.75, 3.05) is 20.2 Å². The first-order chi connectivity index (χ1) is 13.2. The minimum Gasteiger partial charge on any atom is -0.464 e. The number of nitrogens with zero attached hydrogens (tertiary/aromatic N) is 4. The summed E-state index contributed by atoms with van der Waals surface area (Å²) in [5.74, 6) is -0.833.